The fourth-order valence-corrected chi connectivity index (χ4v) is 5.49. The second-order valence-corrected chi connectivity index (χ2v) is 10.1. The molecule has 7 aromatic rings. The van der Waals surface area contributed by atoms with Crippen molar-refractivity contribution in [1.29, 1.82) is 0 Å². The predicted octanol–water partition coefficient (Wildman–Crippen LogP) is 10.1. The van der Waals surface area contributed by atoms with E-state index in [4.69, 9.17) is 0 Å². The van der Waals surface area contributed by atoms with Crippen molar-refractivity contribution in [1.82, 2.24) is 4.57 Å². The summed E-state index contributed by atoms with van der Waals surface area (Å²) in [5.74, 6) is 0.274. The van der Waals surface area contributed by atoms with Crippen molar-refractivity contribution in [2.75, 3.05) is 4.90 Å². The number of fused-ring (bicyclic) bond motifs is 3. The molecule has 0 bridgehead atoms. The van der Waals surface area contributed by atoms with Gasteiger partial charge in [0.2, 0.25) is 0 Å². The second-order valence-electron chi connectivity index (χ2n) is 10.1. The minimum absolute atomic E-state index is 0.274. The van der Waals surface area contributed by atoms with Gasteiger partial charge < -0.3 is 14.6 Å². The molecule has 6 aromatic carbocycles. The van der Waals surface area contributed by atoms with Crippen LogP contribution in [0.5, 0.6) is 5.75 Å². The molecule has 1 aromatic heterocycles. The number of nitrogens with zero attached hydrogens (tertiary/aromatic N) is 2. The first-order chi connectivity index (χ1) is 20.2. The minimum Gasteiger partial charge on any atom is -0.508 e. The summed E-state index contributed by atoms with van der Waals surface area (Å²) in [7, 11) is 0. The summed E-state index contributed by atoms with van der Waals surface area (Å²) >= 11 is 0. The molecule has 0 unspecified atom stereocenters. The molecular formula is C38H28N2O. The van der Waals surface area contributed by atoms with Gasteiger partial charge in [0.1, 0.15) is 5.75 Å². The summed E-state index contributed by atoms with van der Waals surface area (Å²) in [6.07, 6.45) is 4.14. The van der Waals surface area contributed by atoms with Gasteiger partial charge in [0.15, 0.2) is 0 Å². The summed E-state index contributed by atoms with van der Waals surface area (Å²) < 4.78 is 2.34. The number of aromatic hydroxyl groups is 1. The quantitative estimate of drug-likeness (QED) is 0.218. The number of phenols is 1. The summed E-state index contributed by atoms with van der Waals surface area (Å²) in [6, 6.07) is 52.3. The highest BCUT2D eigenvalue weighted by Crippen LogP contribution is 2.37. The van der Waals surface area contributed by atoms with E-state index in [1.54, 1.807) is 12.1 Å². The Bertz CT molecular complexity index is 1920. The fourth-order valence-electron chi connectivity index (χ4n) is 5.49. The van der Waals surface area contributed by atoms with Crippen molar-refractivity contribution in [3.63, 3.8) is 0 Å². The monoisotopic (exact) mass is 528 g/mol. The fraction of sp³-hybridized carbons (Fsp3) is 0. The van der Waals surface area contributed by atoms with Crippen LogP contribution in [-0.4, -0.2) is 9.67 Å². The number of anilines is 3. The number of benzene rings is 6. The van der Waals surface area contributed by atoms with Crippen LogP contribution in [0.1, 0.15) is 11.1 Å². The molecule has 0 radical (unpaired) electrons. The molecular weight excluding hydrogens is 500 g/mol. The van der Waals surface area contributed by atoms with E-state index in [0.717, 1.165) is 33.9 Å². The van der Waals surface area contributed by atoms with Gasteiger partial charge in [-0.05, 0) is 83.9 Å². The molecule has 0 aliphatic rings. The third-order valence-electron chi connectivity index (χ3n) is 7.47. The predicted molar refractivity (Wildman–Crippen MR) is 172 cm³/mol. The first-order valence-electron chi connectivity index (χ1n) is 13.8. The Labute approximate surface area is 239 Å². The molecule has 7 rings (SSSR count). The molecule has 0 fully saturated rings. The van der Waals surface area contributed by atoms with Gasteiger partial charge in [0.25, 0.3) is 0 Å². The van der Waals surface area contributed by atoms with Crippen molar-refractivity contribution in [2.45, 2.75) is 0 Å². The van der Waals surface area contributed by atoms with Crippen LogP contribution < -0.4 is 4.90 Å². The maximum absolute atomic E-state index is 9.53. The summed E-state index contributed by atoms with van der Waals surface area (Å²) in [6.45, 7) is 0. The highest BCUT2D eigenvalue weighted by atomic mass is 16.3. The normalized spacial score (nSPS) is 11.4. The molecule has 196 valence electrons. The summed E-state index contributed by atoms with van der Waals surface area (Å²) in [5, 5.41) is 12.1. The third kappa shape index (κ3) is 4.75. The second kappa shape index (κ2) is 10.6. The van der Waals surface area contributed by atoms with Crippen LogP contribution in [0.25, 0.3) is 39.6 Å². The number of rotatable bonds is 6. The van der Waals surface area contributed by atoms with Crippen LogP contribution in [0.15, 0.2) is 152 Å². The third-order valence-corrected chi connectivity index (χ3v) is 7.47. The van der Waals surface area contributed by atoms with Crippen LogP contribution in [0.2, 0.25) is 0 Å². The van der Waals surface area contributed by atoms with Gasteiger partial charge >= 0.3 is 0 Å². The first kappa shape index (κ1) is 24.5. The van der Waals surface area contributed by atoms with Gasteiger partial charge in [-0.15, -0.1) is 0 Å². The van der Waals surface area contributed by atoms with Crippen LogP contribution in [0.4, 0.5) is 17.1 Å². The maximum Gasteiger partial charge on any atom is 0.115 e. The summed E-state index contributed by atoms with van der Waals surface area (Å²) in [5.41, 5.74) is 8.97. The molecule has 0 saturated carbocycles. The zero-order valence-electron chi connectivity index (χ0n) is 22.4. The van der Waals surface area contributed by atoms with Gasteiger partial charge in [0.05, 0.1) is 11.0 Å². The Hall–Kier alpha value is -5.54. The largest absolute Gasteiger partial charge is 0.508 e. The van der Waals surface area contributed by atoms with Crippen LogP contribution in [-0.2, 0) is 0 Å². The van der Waals surface area contributed by atoms with Gasteiger partial charge in [-0.1, -0.05) is 91.0 Å². The Balaban J connectivity index is 1.25. The van der Waals surface area contributed by atoms with Gasteiger partial charge in [0, 0.05) is 33.5 Å². The van der Waals surface area contributed by atoms with E-state index >= 15 is 0 Å². The smallest absolute Gasteiger partial charge is 0.115 e. The van der Waals surface area contributed by atoms with Gasteiger partial charge in [-0.25, -0.2) is 0 Å². The Morgan fingerprint density at radius 2 is 0.878 bits per heavy atom. The van der Waals surface area contributed by atoms with E-state index in [9.17, 15) is 5.11 Å². The molecule has 0 saturated heterocycles. The molecule has 3 nitrogen and oxygen atoms in total. The lowest BCUT2D eigenvalue weighted by atomic mass is 10.1. The van der Waals surface area contributed by atoms with E-state index in [1.807, 2.05) is 18.2 Å². The highest BCUT2D eigenvalue weighted by molar-refractivity contribution is 6.09. The number of hydrogen-bond donors (Lipinski definition) is 1. The average molecular weight is 529 g/mol. The number of para-hydroxylation sites is 3. The van der Waals surface area contributed by atoms with Crippen molar-refractivity contribution < 1.29 is 5.11 Å². The van der Waals surface area contributed by atoms with Crippen LogP contribution in [0.3, 0.4) is 0 Å². The Morgan fingerprint density at radius 1 is 0.439 bits per heavy atom. The van der Waals surface area contributed by atoms with E-state index in [0.29, 0.717) is 0 Å². The van der Waals surface area contributed by atoms with Crippen LogP contribution >= 0.6 is 0 Å². The molecule has 0 spiro atoms. The number of phenolic OH excluding ortho intramolecular Hbond substituents is 1. The minimum atomic E-state index is 0.274. The highest BCUT2D eigenvalue weighted by Gasteiger charge is 2.14. The van der Waals surface area contributed by atoms with E-state index in [1.165, 1.54) is 21.8 Å². The molecule has 3 heteroatoms. The number of aromatic nitrogens is 1. The lowest BCUT2D eigenvalue weighted by molar-refractivity contribution is 0.475. The molecule has 41 heavy (non-hydrogen) atoms. The van der Waals surface area contributed by atoms with Crippen molar-refractivity contribution in [3.8, 4) is 11.4 Å². The van der Waals surface area contributed by atoms with Crippen molar-refractivity contribution >= 4 is 51.0 Å². The summed E-state index contributed by atoms with van der Waals surface area (Å²) in [4.78, 5) is 2.28. The van der Waals surface area contributed by atoms with Crippen molar-refractivity contribution in [3.05, 3.63) is 163 Å². The molecule has 0 aliphatic carbocycles. The SMILES string of the molecule is Oc1ccc(/C=C/c2ccc(N(c3ccccc3)c3ccc(-n4c5ccccc5c5ccccc54)cc3)cc2)cc1. The van der Waals surface area contributed by atoms with E-state index in [2.05, 4.69) is 143 Å². The lowest BCUT2D eigenvalue weighted by Gasteiger charge is -2.26. The topological polar surface area (TPSA) is 28.4 Å². The molecule has 1 heterocycles. The lowest BCUT2D eigenvalue weighted by Crippen LogP contribution is -2.10. The van der Waals surface area contributed by atoms with E-state index in [-0.39, 0.29) is 5.75 Å². The Morgan fingerprint density at radius 3 is 1.44 bits per heavy atom. The standard InChI is InChI=1S/C38H28N2O/c41-34-26-18-29(19-27-34)15-14-28-16-20-31(21-17-28)39(30-8-2-1-3-9-30)32-22-24-33(25-23-32)40-37-12-6-4-10-35(37)36-11-5-7-13-38(36)40/h1-27,41H/b15-14+. The van der Waals surface area contributed by atoms with Gasteiger partial charge in [-0.2, -0.15) is 0 Å². The maximum atomic E-state index is 9.53. The van der Waals surface area contributed by atoms with E-state index < -0.39 is 0 Å². The van der Waals surface area contributed by atoms with Crippen LogP contribution in [0, 0.1) is 0 Å². The zero-order chi connectivity index (χ0) is 27.6. The molecule has 0 aliphatic heterocycles. The first-order valence-corrected chi connectivity index (χ1v) is 13.8. The zero-order valence-corrected chi connectivity index (χ0v) is 22.4. The number of hydrogen-bond acceptors (Lipinski definition) is 2. The Kier molecular flexibility index (Phi) is 6.31. The molecule has 1 N–H and O–H groups in total. The van der Waals surface area contributed by atoms with Crippen molar-refractivity contribution in [2.24, 2.45) is 0 Å². The van der Waals surface area contributed by atoms with Gasteiger partial charge in [-0.3, -0.25) is 0 Å². The average Bonchev–Trinajstić information content (AvgIpc) is 3.37. The molecule has 0 atom stereocenters. The molecule has 0 amide bonds.